The summed E-state index contributed by atoms with van der Waals surface area (Å²) >= 11 is 5.97. The van der Waals surface area contributed by atoms with Crippen molar-refractivity contribution in [3.63, 3.8) is 0 Å². The Kier molecular flexibility index (Phi) is 6.68. The molecule has 0 amide bonds. The number of fused-ring (bicyclic) bond motifs is 1. The van der Waals surface area contributed by atoms with Crippen molar-refractivity contribution >= 4 is 22.5 Å². The molecule has 0 bridgehead atoms. The standard InChI is InChI=1S/C30H26ClN3/c31-27-11-8-24(9-12-27)26-10-14-29(33-21-26)13-6-23-7-15-30-25(20-23)16-18-34(30)19-17-28(32)3-1-2-22-4-5-22/h7-12,14-16,18,20-22,28H,2,4-5,17,19,32H2. The number of aromatic nitrogens is 2. The second kappa shape index (κ2) is 10.2. The molecule has 1 saturated carbocycles. The molecule has 168 valence electrons. The fourth-order valence-electron chi connectivity index (χ4n) is 3.90. The summed E-state index contributed by atoms with van der Waals surface area (Å²) in [6.07, 6.45) is 8.48. The highest BCUT2D eigenvalue weighted by Gasteiger charge is 2.19. The quantitative estimate of drug-likeness (QED) is 0.354. The van der Waals surface area contributed by atoms with Crippen LogP contribution in [-0.2, 0) is 6.54 Å². The normalized spacial score (nSPS) is 13.6. The number of benzene rings is 2. The lowest BCUT2D eigenvalue weighted by Crippen LogP contribution is -2.19. The third-order valence-corrected chi connectivity index (χ3v) is 6.36. The van der Waals surface area contributed by atoms with Gasteiger partial charge in [0.25, 0.3) is 0 Å². The third kappa shape index (κ3) is 5.70. The van der Waals surface area contributed by atoms with E-state index in [1.54, 1.807) is 0 Å². The lowest BCUT2D eigenvalue weighted by molar-refractivity contribution is 0.623. The van der Waals surface area contributed by atoms with Gasteiger partial charge in [0.2, 0.25) is 0 Å². The van der Waals surface area contributed by atoms with Gasteiger partial charge in [0.05, 0.1) is 6.04 Å². The molecule has 1 fully saturated rings. The van der Waals surface area contributed by atoms with E-state index in [0.717, 1.165) is 52.7 Å². The average Bonchev–Trinajstić information content (AvgIpc) is 3.60. The molecule has 4 heteroatoms. The first-order valence-electron chi connectivity index (χ1n) is 11.7. The van der Waals surface area contributed by atoms with Gasteiger partial charge in [-0.1, -0.05) is 41.6 Å². The van der Waals surface area contributed by atoms with E-state index in [0.29, 0.717) is 0 Å². The topological polar surface area (TPSA) is 43.8 Å². The molecule has 0 aliphatic heterocycles. The Morgan fingerprint density at radius 1 is 1.00 bits per heavy atom. The summed E-state index contributed by atoms with van der Waals surface area (Å²) in [7, 11) is 0. The van der Waals surface area contributed by atoms with Crippen LogP contribution in [0.4, 0.5) is 0 Å². The van der Waals surface area contributed by atoms with Crippen LogP contribution in [0.25, 0.3) is 22.0 Å². The lowest BCUT2D eigenvalue weighted by Gasteiger charge is -2.07. The van der Waals surface area contributed by atoms with Gasteiger partial charge in [-0.05, 0) is 79.1 Å². The highest BCUT2D eigenvalue weighted by molar-refractivity contribution is 6.30. The van der Waals surface area contributed by atoms with E-state index in [9.17, 15) is 0 Å². The van der Waals surface area contributed by atoms with Crippen molar-refractivity contribution in [1.82, 2.24) is 9.55 Å². The van der Waals surface area contributed by atoms with Gasteiger partial charge in [-0.3, -0.25) is 0 Å². The highest BCUT2D eigenvalue weighted by atomic mass is 35.5. The molecule has 0 radical (unpaired) electrons. The zero-order chi connectivity index (χ0) is 23.3. The minimum Gasteiger partial charge on any atom is -0.347 e. The number of hydrogen-bond donors (Lipinski definition) is 1. The van der Waals surface area contributed by atoms with Gasteiger partial charge >= 0.3 is 0 Å². The number of pyridine rings is 1. The molecule has 1 aliphatic carbocycles. The average molecular weight is 464 g/mol. The minimum absolute atomic E-state index is 0.0695. The molecule has 5 rings (SSSR count). The van der Waals surface area contributed by atoms with Crippen LogP contribution in [0.5, 0.6) is 0 Å². The molecule has 0 spiro atoms. The second-order valence-electron chi connectivity index (χ2n) is 8.84. The Morgan fingerprint density at radius 3 is 2.59 bits per heavy atom. The van der Waals surface area contributed by atoms with Crippen molar-refractivity contribution < 1.29 is 0 Å². The maximum absolute atomic E-state index is 6.19. The Bertz CT molecular complexity index is 1410. The van der Waals surface area contributed by atoms with Crippen LogP contribution in [0.1, 0.15) is 36.9 Å². The van der Waals surface area contributed by atoms with Gasteiger partial charge in [-0.2, -0.15) is 0 Å². The summed E-state index contributed by atoms with van der Waals surface area (Å²) in [5, 5.41) is 1.90. The van der Waals surface area contributed by atoms with Crippen LogP contribution in [0.15, 0.2) is 73.1 Å². The van der Waals surface area contributed by atoms with E-state index in [4.69, 9.17) is 17.3 Å². The zero-order valence-electron chi connectivity index (χ0n) is 19.0. The van der Waals surface area contributed by atoms with Crippen molar-refractivity contribution in [1.29, 1.82) is 0 Å². The van der Waals surface area contributed by atoms with Gasteiger partial charge in [0.1, 0.15) is 5.69 Å². The summed E-state index contributed by atoms with van der Waals surface area (Å²) in [4.78, 5) is 4.50. The third-order valence-electron chi connectivity index (χ3n) is 6.10. The SMILES string of the molecule is NC(C#CCC1CC1)CCn1ccc2cc(C#Cc3ccc(-c4ccc(Cl)cc4)cn3)ccc21. The van der Waals surface area contributed by atoms with Crippen LogP contribution in [0.3, 0.4) is 0 Å². The van der Waals surface area contributed by atoms with Crippen molar-refractivity contribution in [3.8, 4) is 34.8 Å². The number of nitrogens with zero attached hydrogens (tertiary/aromatic N) is 2. The summed E-state index contributed by atoms with van der Waals surface area (Å²) in [5.41, 5.74) is 11.2. The van der Waals surface area contributed by atoms with Crippen molar-refractivity contribution in [2.75, 3.05) is 0 Å². The Morgan fingerprint density at radius 2 is 1.82 bits per heavy atom. The Hall–Kier alpha value is -3.50. The number of nitrogens with two attached hydrogens (primary N) is 1. The monoisotopic (exact) mass is 463 g/mol. The van der Waals surface area contributed by atoms with Crippen molar-refractivity contribution in [2.24, 2.45) is 11.7 Å². The second-order valence-corrected chi connectivity index (χ2v) is 9.27. The number of aryl methyl sites for hydroxylation is 1. The molecule has 2 aromatic carbocycles. The molecule has 34 heavy (non-hydrogen) atoms. The van der Waals surface area contributed by atoms with Gasteiger partial charge < -0.3 is 10.3 Å². The lowest BCUT2D eigenvalue weighted by atomic mass is 10.1. The van der Waals surface area contributed by atoms with Crippen LogP contribution < -0.4 is 5.73 Å². The van der Waals surface area contributed by atoms with Crippen LogP contribution in [0, 0.1) is 29.6 Å². The fourth-order valence-corrected chi connectivity index (χ4v) is 4.02. The first-order valence-corrected chi connectivity index (χ1v) is 12.1. The molecule has 2 aromatic heterocycles. The van der Waals surface area contributed by atoms with E-state index < -0.39 is 0 Å². The zero-order valence-corrected chi connectivity index (χ0v) is 19.7. The molecule has 2 N–H and O–H groups in total. The minimum atomic E-state index is -0.0695. The van der Waals surface area contributed by atoms with Crippen LogP contribution in [0.2, 0.25) is 5.02 Å². The van der Waals surface area contributed by atoms with E-state index >= 15 is 0 Å². The summed E-state index contributed by atoms with van der Waals surface area (Å²) in [6, 6.07) is 20.1. The molecule has 1 aliphatic rings. The van der Waals surface area contributed by atoms with Gasteiger partial charge in [-0.15, -0.1) is 5.92 Å². The molecule has 1 atom stereocenters. The maximum Gasteiger partial charge on any atom is 0.113 e. The van der Waals surface area contributed by atoms with E-state index in [1.807, 2.05) is 42.6 Å². The maximum atomic E-state index is 6.19. The molecular formula is C30H26ClN3. The molecular weight excluding hydrogens is 438 g/mol. The number of rotatable bonds is 5. The predicted molar refractivity (Wildman–Crippen MR) is 140 cm³/mol. The summed E-state index contributed by atoms with van der Waals surface area (Å²) in [6.45, 7) is 0.859. The van der Waals surface area contributed by atoms with Crippen molar-refractivity contribution in [3.05, 3.63) is 89.3 Å². The van der Waals surface area contributed by atoms with Crippen LogP contribution in [-0.4, -0.2) is 15.6 Å². The first-order chi connectivity index (χ1) is 16.6. The largest absolute Gasteiger partial charge is 0.347 e. The fraction of sp³-hybridized carbons (Fsp3) is 0.233. The molecule has 2 heterocycles. The van der Waals surface area contributed by atoms with Gasteiger partial charge in [-0.25, -0.2) is 4.98 Å². The Labute approximate surface area is 206 Å². The summed E-state index contributed by atoms with van der Waals surface area (Å²) in [5.74, 6) is 13.7. The smallest absolute Gasteiger partial charge is 0.113 e. The van der Waals surface area contributed by atoms with Gasteiger partial charge in [0, 0.05) is 52.4 Å². The highest BCUT2D eigenvalue weighted by Crippen LogP contribution is 2.31. The first kappa shape index (κ1) is 22.3. The molecule has 0 saturated heterocycles. The molecule has 1 unspecified atom stereocenters. The van der Waals surface area contributed by atoms with Crippen LogP contribution >= 0.6 is 11.6 Å². The van der Waals surface area contributed by atoms with Gasteiger partial charge in [0.15, 0.2) is 0 Å². The Balaban J connectivity index is 1.23. The van der Waals surface area contributed by atoms with E-state index in [1.165, 1.54) is 23.7 Å². The van der Waals surface area contributed by atoms with E-state index in [-0.39, 0.29) is 6.04 Å². The van der Waals surface area contributed by atoms with E-state index in [2.05, 4.69) is 63.7 Å². The predicted octanol–water partition coefficient (Wildman–Crippen LogP) is 6.28. The molecule has 4 aromatic rings. The van der Waals surface area contributed by atoms with Crippen molar-refractivity contribution in [2.45, 2.75) is 38.3 Å². The summed E-state index contributed by atoms with van der Waals surface area (Å²) < 4.78 is 2.24. The number of halogens is 1. The number of hydrogen-bond acceptors (Lipinski definition) is 2. The molecule has 3 nitrogen and oxygen atoms in total.